The summed E-state index contributed by atoms with van der Waals surface area (Å²) in [5.74, 6) is 0.273. The Labute approximate surface area is 67.0 Å². The number of allylic oxidation sites excluding steroid dienone is 2. The molecule has 0 atom stereocenters. The fourth-order valence-electron chi connectivity index (χ4n) is 1.19. The molecule has 0 amide bonds. The van der Waals surface area contributed by atoms with Gasteiger partial charge in [0.1, 0.15) is 0 Å². The molecule has 11 heavy (non-hydrogen) atoms. The molecular weight excluding hydrogens is 140 g/mol. The summed E-state index contributed by atoms with van der Waals surface area (Å²) in [7, 11) is 3.84. The van der Waals surface area contributed by atoms with E-state index in [1.54, 1.807) is 0 Å². The van der Waals surface area contributed by atoms with Crippen molar-refractivity contribution in [2.75, 3.05) is 14.1 Å². The van der Waals surface area contributed by atoms with Crippen LogP contribution >= 0.6 is 0 Å². The van der Waals surface area contributed by atoms with Gasteiger partial charge < -0.3 is 5.43 Å². The number of nitrogens with one attached hydrogen (secondary N) is 1. The summed E-state index contributed by atoms with van der Waals surface area (Å²) in [5, 5.41) is 1.86. The zero-order valence-corrected chi connectivity index (χ0v) is 7.27. The minimum Gasteiger partial charge on any atom is -0.323 e. The van der Waals surface area contributed by atoms with E-state index in [0.29, 0.717) is 6.42 Å². The fraction of sp³-hybridized carbons (Fsp3) is 0.625. The van der Waals surface area contributed by atoms with Crippen molar-refractivity contribution in [1.82, 2.24) is 10.4 Å². The lowest BCUT2D eigenvalue weighted by molar-refractivity contribution is -0.114. The van der Waals surface area contributed by atoms with Gasteiger partial charge in [-0.1, -0.05) is 0 Å². The van der Waals surface area contributed by atoms with Crippen molar-refractivity contribution in [2.24, 2.45) is 0 Å². The molecule has 3 heteroatoms. The van der Waals surface area contributed by atoms with Gasteiger partial charge in [0.2, 0.25) is 0 Å². The van der Waals surface area contributed by atoms with Crippen molar-refractivity contribution in [3.63, 3.8) is 0 Å². The van der Waals surface area contributed by atoms with Gasteiger partial charge in [0.05, 0.1) is 0 Å². The third kappa shape index (κ3) is 1.80. The van der Waals surface area contributed by atoms with Crippen LogP contribution in [0.15, 0.2) is 11.3 Å². The summed E-state index contributed by atoms with van der Waals surface area (Å²) in [6.45, 7) is 1.88. The molecule has 0 aliphatic heterocycles. The van der Waals surface area contributed by atoms with Crippen LogP contribution in [0.25, 0.3) is 0 Å². The molecule has 0 heterocycles. The second-order valence-corrected chi connectivity index (χ2v) is 3.03. The molecule has 0 unspecified atom stereocenters. The quantitative estimate of drug-likeness (QED) is 0.594. The minimum atomic E-state index is 0.273. The molecule has 0 radical (unpaired) electrons. The van der Waals surface area contributed by atoms with Crippen molar-refractivity contribution in [1.29, 1.82) is 0 Å². The Morgan fingerprint density at radius 1 is 1.36 bits per heavy atom. The van der Waals surface area contributed by atoms with E-state index in [0.717, 1.165) is 17.7 Å². The number of nitrogens with zero attached hydrogens (tertiary/aromatic N) is 1. The Morgan fingerprint density at radius 3 is 2.36 bits per heavy atom. The zero-order valence-electron chi connectivity index (χ0n) is 7.27. The number of carbonyl (C=O) groups is 1. The molecule has 62 valence electrons. The van der Waals surface area contributed by atoms with Crippen molar-refractivity contribution >= 4 is 5.78 Å². The van der Waals surface area contributed by atoms with Gasteiger partial charge in [-0.25, -0.2) is 5.01 Å². The molecule has 0 spiro atoms. The Hall–Kier alpha value is -0.830. The largest absolute Gasteiger partial charge is 0.323 e. The number of hydrogen-bond acceptors (Lipinski definition) is 3. The topological polar surface area (TPSA) is 32.3 Å². The third-order valence-corrected chi connectivity index (χ3v) is 1.83. The molecule has 1 N–H and O–H groups in total. The Morgan fingerprint density at radius 2 is 2.00 bits per heavy atom. The molecule has 0 bridgehead atoms. The lowest BCUT2D eigenvalue weighted by atomic mass is 10.2. The number of hydrogen-bond donors (Lipinski definition) is 1. The molecule has 0 fully saturated rings. The molecular formula is C8H14N2O. The average Bonchev–Trinajstić information content (AvgIpc) is 2.18. The van der Waals surface area contributed by atoms with E-state index in [1.807, 2.05) is 26.0 Å². The van der Waals surface area contributed by atoms with Crippen LogP contribution in [-0.2, 0) is 4.79 Å². The highest BCUT2D eigenvalue weighted by molar-refractivity contribution is 5.97. The lowest BCUT2D eigenvalue weighted by Crippen LogP contribution is -2.29. The van der Waals surface area contributed by atoms with E-state index < -0.39 is 0 Å². The van der Waals surface area contributed by atoms with Crippen LogP contribution in [0.3, 0.4) is 0 Å². The number of hydrazine groups is 1. The maximum Gasteiger partial charge on any atom is 0.160 e. The van der Waals surface area contributed by atoms with Gasteiger partial charge in [-0.15, -0.1) is 0 Å². The summed E-state index contributed by atoms with van der Waals surface area (Å²) in [6.07, 6.45) is 1.53. The smallest absolute Gasteiger partial charge is 0.160 e. The summed E-state index contributed by atoms with van der Waals surface area (Å²) >= 11 is 0. The minimum absolute atomic E-state index is 0.273. The Kier molecular flexibility index (Phi) is 2.29. The van der Waals surface area contributed by atoms with Crippen molar-refractivity contribution in [2.45, 2.75) is 19.8 Å². The number of rotatable bonds is 2. The lowest BCUT2D eigenvalue weighted by Gasteiger charge is -2.14. The first-order valence-corrected chi connectivity index (χ1v) is 3.78. The Balaban J connectivity index is 2.64. The van der Waals surface area contributed by atoms with E-state index >= 15 is 0 Å². The number of ketones is 1. The molecule has 0 saturated heterocycles. The maximum absolute atomic E-state index is 11.0. The van der Waals surface area contributed by atoms with Crippen molar-refractivity contribution < 1.29 is 4.79 Å². The SMILES string of the molecule is CC1=C(NN(C)C)CCC1=O. The highest BCUT2D eigenvalue weighted by atomic mass is 16.1. The highest BCUT2D eigenvalue weighted by Gasteiger charge is 2.18. The molecule has 1 rings (SSSR count). The normalized spacial score (nSPS) is 18.4. The van der Waals surface area contributed by atoms with Crippen LogP contribution in [0.5, 0.6) is 0 Å². The second-order valence-electron chi connectivity index (χ2n) is 3.03. The van der Waals surface area contributed by atoms with Gasteiger partial charge >= 0.3 is 0 Å². The van der Waals surface area contributed by atoms with Crippen LogP contribution in [0.4, 0.5) is 0 Å². The molecule has 0 saturated carbocycles. The molecule has 0 aromatic heterocycles. The van der Waals surface area contributed by atoms with Gasteiger partial charge in [0, 0.05) is 31.8 Å². The van der Waals surface area contributed by atoms with Crippen molar-refractivity contribution in [3.8, 4) is 0 Å². The summed E-state index contributed by atoms with van der Waals surface area (Å²) in [4.78, 5) is 11.0. The van der Waals surface area contributed by atoms with Crippen LogP contribution in [0.1, 0.15) is 19.8 Å². The first kappa shape index (κ1) is 8.27. The van der Waals surface area contributed by atoms with E-state index in [1.165, 1.54) is 0 Å². The van der Waals surface area contributed by atoms with Crippen LogP contribution in [0, 0.1) is 0 Å². The predicted molar refractivity (Wildman–Crippen MR) is 43.8 cm³/mol. The standard InChI is InChI=1S/C8H14N2O/c1-6-7(9-10(2)3)4-5-8(6)11/h9H,4-5H2,1-3H3. The van der Waals surface area contributed by atoms with Gasteiger partial charge in [-0.2, -0.15) is 0 Å². The molecule has 0 aromatic rings. The van der Waals surface area contributed by atoms with E-state index in [4.69, 9.17) is 0 Å². The van der Waals surface area contributed by atoms with Crippen LogP contribution in [-0.4, -0.2) is 24.9 Å². The molecule has 3 nitrogen and oxygen atoms in total. The third-order valence-electron chi connectivity index (χ3n) is 1.83. The zero-order chi connectivity index (χ0) is 8.43. The maximum atomic E-state index is 11.0. The number of Topliss-reactive ketones (excluding diaryl/α,β-unsaturated/α-hetero) is 1. The summed E-state index contributed by atoms with van der Waals surface area (Å²) in [6, 6.07) is 0. The molecule has 1 aliphatic rings. The predicted octanol–water partition coefficient (Wildman–Crippen LogP) is 0.690. The van der Waals surface area contributed by atoms with Gasteiger partial charge in [0.15, 0.2) is 5.78 Å². The summed E-state index contributed by atoms with van der Waals surface area (Å²) < 4.78 is 0. The number of carbonyl (C=O) groups excluding carboxylic acids is 1. The van der Waals surface area contributed by atoms with E-state index in [-0.39, 0.29) is 5.78 Å². The van der Waals surface area contributed by atoms with Crippen LogP contribution < -0.4 is 5.43 Å². The van der Waals surface area contributed by atoms with E-state index in [9.17, 15) is 4.79 Å². The van der Waals surface area contributed by atoms with Gasteiger partial charge in [0.25, 0.3) is 0 Å². The van der Waals surface area contributed by atoms with E-state index in [2.05, 4.69) is 5.43 Å². The fourth-order valence-corrected chi connectivity index (χ4v) is 1.19. The molecule has 1 aliphatic carbocycles. The average molecular weight is 154 g/mol. The first-order chi connectivity index (χ1) is 5.11. The second kappa shape index (κ2) is 3.05. The molecule has 0 aromatic carbocycles. The Bertz CT molecular complexity index is 206. The highest BCUT2D eigenvalue weighted by Crippen LogP contribution is 2.19. The van der Waals surface area contributed by atoms with Crippen LogP contribution in [0.2, 0.25) is 0 Å². The van der Waals surface area contributed by atoms with Gasteiger partial charge in [-0.05, 0) is 13.3 Å². The first-order valence-electron chi connectivity index (χ1n) is 3.78. The summed E-state index contributed by atoms with van der Waals surface area (Å²) in [5.41, 5.74) is 5.07. The van der Waals surface area contributed by atoms with Gasteiger partial charge in [-0.3, -0.25) is 4.79 Å². The van der Waals surface area contributed by atoms with Crippen molar-refractivity contribution in [3.05, 3.63) is 11.3 Å². The monoisotopic (exact) mass is 154 g/mol.